The lowest BCUT2D eigenvalue weighted by Gasteiger charge is -2.32. The molecule has 0 radical (unpaired) electrons. The fourth-order valence-electron chi connectivity index (χ4n) is 4.08. The first kappa shape index (κ1) is 51.6. The van der Waals surface area contributed by atoms with Crippen LogP contribution < -0.4 is 0 Å². The molecule has 0 atom stereocenters. The van der Waals surface area contributed by atoms with Crippen LogP contribution in [0.3, 0.4) is 0 Å². The highest BCUT2D eigenvalue weighted by Gasteiger charge is 2.30. The van der Waals surface area contributed by atoms with Crippen LogP contribution in [-0.4, -0.2) is 135 Å². The summed E-state index contributed by atoms with van der Waals surface area (Å²) in [5.74, 6) is -3.64. The third-order valence-electron chi connectivity index (χ3n) is 7.23. The molecule has 0 amide bonds. The fourth-order valence-corrected chi connectivity index (χ4v) is 4.08. The standard InChI is InChI=1S/C33H53N9O15/c1-2-33(24-49-18-21-55-30(46)9-6-27(43)52-15-3-12-37-40-34,25-50-19-22-56-31(47)10-7-28(44)53-16-4-13-38-41-35)26-51-20-23-57-32(48)11-8-29(45)54-17-5-14-39-42-36/h2-26H2,1H3. The van der Waals surface area contributed by atoms with Crippen LogP contribution in [0, 0.1) is 5.41 Å². The van der Waals surface area contributed by atoms with Gasteiger partial charge >= 0.3 is 35.8 Å². The molecule has 24 heteroatoms. The van der Waals surface area contributed by atoms with Gasteiger partial charge in [-0.05, 0) is 42.3 Å². The van der Waals surface area contributed by atoms with Gasteiger partial charge in [-0.3, -0.25) is 28.8 Å². The zero-order valence-electron chi connectivity index (χ0n) is 32.3. The highest BCUT2D eigenvalue weighted by molar-refractivity contribution is 5.78. The fraction of sp³-hybridized carbons (Fsp3) is 0.818. The van der Waals surface area contributed by atoms with Crippen LogP contribution in [0.5, 0.6) is 0 Å². The maximum absolute atomic E-state index is 12.1. The second-order valence-corrected chi connectivity index (χ2v) is 11.8. The minimum atomic E-state index is -0.731. The van der Waals surface area contributed by atoms with E-state index in [-0.39, 0.29) is 137 Å². The minimum absolute atomic E-state index is 0.0129. The Labute approximate surface area is 329 Å². The molecule has 0 aliphatic rings. The molecule has 0 rings (SSSR count). The van der Waals surface area contributed by atoms with Crippen LogP contribution in [0.1, 0.15) is 71.1 Å². The number of ether oxygens (including phenoxy) is 9. The Morgan fingerprint density at radius 2 is 0.667 bits per heavy atom. The van der Waals surface area contributed by atoms with E-state index in [1.165, 1.54) is 0 Å². The highest BCUT2D eigenvalue weighted by atomic mass is 16.6. The van der Waals surface area contributed by atoms with E-state index in [0.29, 0.717) is 25.7 Å². The predicted octanol–water partition coefficient (Wildman–Crippen LogP) is 4.13. The summed E-state index contributed by atoms with van der Waals surface area (Å²) in [5, 5.41) is 9.99. The number of nitrogens with zero attached hydrogens (tertiary/aromatic N) is 9. The zero-order chi connectivity index (χ0) is 42.2. The lowest BCUT2D eigenvalue weighted by atomic mass is 9.88. The molecule has 0 aliphatic heterocycles. The maximum atomic E-state index is 12.1. The van der Waals surface area contributed by atoms with Gasteiger partial charge in [-0.15, -0.1) is 0 Å². The number of rotatable bonds is 37. The third kappa shape index (κ3) is 32.6. The van der Waals surface area contributed by atoms with E-state index in [1.54, 1.807) is 0 Å². The Balaban J connectivity index is 4.76. The summed E-state index contributed by atoms with van der Waals surface area (Å²) in [4.78, 5) is 79.2. The molecule has 0 saturated carbocycles. The lowest BCUT2D eigenvalue weighted by Crippen LogP contribution is -2.38. The van der Waals surface area contributed by atoms with Crippen LogP contribution in [0.15, 0.2) is 15.3 Å². The Morgan fingerprint density at radius 3 is 0.895 bits per heavy atom. The van der Waals surface area contributed by atoms with Crippen molar-refractivity contribution in [3.05, 3.63) is 31.3 Å². The first-order chi connectivity index (χ1) is 27.6. The van der Waals surface area contributed by atoms with Crippen molar-refractivity contribution in [2.75, 3.05) is 98.9 Å². The topological polar surface area (TPSA) is 332 Å². The highest BCUT2D eigenvalue weighted by Crippen LogP contribution is 2.24. The molecule has 0 aromatic rings. The van der Waals surface area contributed by atoms with E-state index >= 15 is 0 Å². The van der Waals surface area contributed by atoms with Gasteiger partial charge in [0.05, 0.1) is 98.0 Å². The average Bonchev–Trinajstić information content (AvgIpc) is 3.20. The van der Waals surface area contributed by atoms with Crippen molar-refractivity contribution in [2.45, 2.75) is 71.1 Å². The lowest BCUT2D eigenvalue weighted by molar-refractivity contribution is -0.153. The third-order valence-corrected chi connectivity index (χ3v) is 7.23. The molecule has 0 heterocycles. The smallest absolute Gasteiger partial charge is 0.306 e. The molecular weight excluding hydrogens is 762 g/mol. The zero-order valence-corrected chi connectivity index (χ0v) is 32.3. The number of esters is 6. The van der Waals surface area contributed by atoms with Crippen molar-refractivity contribution in [1.29, 1.82) is 0 Å². The molecule has 0 unspecified atom stereocenters. The Bertz CT molecular complexity index is 1200. The number of hydrogen-bond acceptors (Lipinski definition) is 18. The second-order valence-electron chi connectivity index (χ2n) is 11.8. The van der Waals surface area contributed by atoms with Crippen molar-refractivity contribution in [3.8, 4) is 0 Å². The molecule has 0 fully saturated rings. The van der Waals surface area contributed by atoms with E-state index < -0.39 is 41.2 Å². The van der Waals surface area contributed by atoms with Gasteiger partial charge < -0.3 is 42.6 Å². The Kier molecular flexibility index (Phi) is 32.9. The molecule has 0 aromatic heterocycles. The van der Waals surface area contributed by atoms with Crippen molar-refractivity contribution in [1.82, 2.24) is 0 Å². The number of carbonyl (C=O) groups is 6. The van der Waals surface area contributed by atoms with Crippen LogP contribution in [0.25, 0.3) is 31.3 Å². The molecule has 0 spiro atoms. The summed E-state index contributed by atoms with van der Waals surface area (Å²) in [6, 6.07) is 0. The maximum Gasteiger partial charge on any atom is 0.306 e. The normalized spacial score (nSPS) is 11.3. The number of hydrogen-bond donors (Lipinski definition) is 0. The summed E-state index contributed by atoms with van der Waals surface area (Å²) >= 11 is 0. The van der Waals surface area contributed by atoms with Gasteiger partial charge in [-0.2, -0.15) is 0 Å². The molecule has 320 valence electrons. The molecule has 0 aromatic carbocycles. The minimum Gasteiger partial charge on any atom is -0.466 e. The van der Waals surface area contributed by atoms with Crippen LogP contribution in [0.2, 0.25) is 0 Å². The monoisotopic (exact) mass is 815 g/mol. The van der Waals surface area contributed by atoms with E-state index in [9.17, 15) is 28.8 Å². The largest absolute Gasteiger partial charge is 0.466 e. The van der Waals surface area contributed by atoms with Crippen molar-refractivity contribution >= 4 is 35.8 Å². The van der Waals surface area contributed by atoms with E-state index in [1.807, 2.05) is 6.92 Å². The van der Waals surface area contributed by atoms with Gasteiger partial charge in [0.2, 0.25) is 0 Å². The predicted molar refractivity (Wildman–Crippen MR) is 195 cm³/mol. The average molecular weight is 816 g/mol. The second kappa shape index (κ2) is 36.3. The molecule has 0 N–H and O–H groups in total. The van der Waals surface area contributed by atoms with Gasteiger partial charge in [-0.25, -0.2) is 0 Å². The van der Waals surface area contributed by atoms with Crippen molar-refractivity contribution in [2.24, 2.45) is 20.8 Å². The SMILES string of the molecule is CCC(COCCOC(=O)CCC(=O)OCCCN=[N+]=[N-])(COCCOC(=O)CCC(=O)OCCCN=[N+]=[N-])COCCOC(=O)CCC(=O)OCCCN=[N+]=[N-]. The quantitative estimate of drug-likeness (QED) is 0.0212. The molecule has 0 aliphatic carbocycles. The van der Waals surface area contributed by atoms with E-state index in [4.69, 9.17) is 59.2 Å². The molecule has 57 heavy (non-hydrogen) atoms. The van der Waals surface area contributed by atoms with Crippen LogP contribution in [-0.2, 0) is 71.4 Å². The molecule has 24 nitrogen and oxygen atoms in total. The Morgan fingerprint density at radius 1 is 0.421 bits per heavy atom. The van der Waals surface area contributed by atoms with Crippen molar-refractivity contribution < 1.29 is 71.4 Å². The van der Waals surface area contributed by atoms with Gasteiger partial charge in [0.25, 0.3) is 0 Å². The van der Waals surface area contributed by atoms with E-state index in [2.05, 4.69) is 30.1 Å². The summed E-state index contributed by atoms with van der Waals surface area (Å²) in [6.07, 6.45) is 0.458. The van der Waals surface area contributed by atoms with Gasteiger partial charge in [0.1, 0.15) is 19.8 Å². The van der Waals surface area contributed by atoms with Crippen LogP contribution >= 0.6 is 0 Å². The summed E-state index contributed by atoms with van der Waals surface area (Å²) in [5.41, 5.74) is 24.0. The molecule has 0 saturated heterocycles. The molecular formula is C33H53N9O15. The Hall–Kier alpha value is -5.37. The summed E-state index contributed by atoms with van der Waals surface area (Å²) in [6.45, 7) is 2.66. The number of carbonyl (C=O) groups excluding carboxylic acids is 6. The number of azide groups is 3. The van der Waals surface area contributed by atoms with Crippen molar-refractivity contribution in [3.63, 3.8) is 0 Å². The molecule has 0 bridgehead atoms. The first-order valence-electron chi connectivity index (χ1n) is 18.3. The van der Waals surface area contributed by atoms with Gasteiger partial charge in [0, 0.05) is 39.8 Å². The summed E-state index contributed by atoms with van der Waals surface area (Å²) < 4.78 is 47.6. The summed E-state index contributed by atoms with van der Waals surface area (Å²) in [7, 11) is 0. The first-order valence-corrected chi connectivity index (χ1v) is 18.3. The van der Waals surface area contributed by atoms with Gasteiger partial charge in [-0.1, -0.05) is 22.3 Å². The van der Waals surface area contributed by atoms with E-state index in [0.717, 1.165) is 0 Å². The van der Waals surface area contributed by atoms with Crippen LogP contribution in [0.4, 0.5) is 0 Å². The van der Waals surface area contributed by atoms with Gasteiger partial charge in [0.15, 0.2) is 0 Å².